The molecule has 108 valence electrons. The van der Waals surface area contributed by atoms with Crippen LogP contribution >= 0.6 is 15.9 Å². The number of halogens is 1. The van der Waals surface area contributed by atoms with Crippen LogP contribution in [0.2, 0.25) is 0 Å². The lowest BCUT2D eigenvalue weighted by Gasteiger charge is -2.25. The van der Waals surface area contributed by atoms with Gasteiger partial charge in [0, 0.05) is 6.42 Å². The van der Waals surface area contributed by atoms with Gasteiger partial charge in [-0.15, -0.1) is 0 Å². The fraction of sp³-hybridized carbons (Fsp3) is 0.692. The van der Waals surface area contributed by atoms with Crippen LogP contribution in [0.15, 0.2) is 10.6 Å². The molecule has 0 amide bonds. The molecule has 0 aliphatic heterocycles. The van der Waals surface area contributed by atoms with Crippen LogP contribution in [-0.4, -0.2) is 35.9 Å². The molecule has 5 nitrogen and oxygen atoms in total. The van der Waals surface area contributed by atoms with E-state index >= 15 is 0 Å². The molecule has 0 unspecified atom stereocenters. The molecule has 1 fully saturated rings. The SMILES string of the molecule is CCOC(=O)C1(C(=O)OCC)C/C(=C/Br)[C@@](C)(O)C1. The molecule has 0 radical (unpaired) electrons. The molecule has 0 aromatic heterocycles. The second-order valence-corrected chi connectivity index (χ2v) is 5.24. The maximum Gasteiger partial charge on any atom is 0.323 e. The molecule has 1 rings (SSSR count). The summed E-state index contributed by atoms with van der Waals surface area (Å²) in [5, 5.41) is 10.3. The molecule has 1 N–H and O–H groups in total. The lowest BCUT2D eigenvalue weighted by molar-refractivity contribution is -0.172. The highest BCUT2D eigenvalue weighted by Crippen LogP contribution is 2.49. The van der Waals surface area contributed by atoms with Crippen LogP contribution in [0.25, 0.3) is 0 Å². The monoisotopic (exact) mass is 334 g/mol. The highest BCUT2D eigenvalue weighted by molar-refractivity contribution is 9.11. The standard InChI is InChI=1S/C13H19BrO5/c1-4-18-10(15)13(11(16)19-5-2)6-9(7-14)12(3,17)8-13/h7,17H,4-6,8H2,1-3H3/b9-7-/t12-/m0/s1. The Labute approximate surface area is 121 Å². The Morgan fingerprint density at radius 1 is 1.32 bits per heavy atom. The average molecular weight is 335 g/mol. The average Bonchev–Trinajstić information content (AvgIpc) is 2.62. The van der Waals surface area contributed by atoms with E-state index in [9.17, 15) is 14.7 Å². The fourth-order valence-electron chi connectivity index (χ4n) is 2.35. The molecule has 1 aliphatic carbocycles. The van der Waals surface area contributed by atoms with Crippen LogP contribution < -0.4 is 0 Å². The van der Waals surface area contributed by atoms with Crippen LogP contribution in [0.4, 0.5) is 0 Å². The van der Waals surface area contributed by atoms with E-state index in [0.717, 1.165) is 0 Å². The molecule has 0 saturated heterocycles. The first-order chi connectivity index (χ1) is 8.84. The second kappa shape index (κ2) is 6.05. The third kappa shape index (κ3) is 3.00. The van der Waals surface area contributed by atoms with E-state index in [1.807, 2.05) is 0 Å². The maximum atomic E-state index is 12.2. The number of ether oxygens (including phenoxy) is 2. The lowest BCUT2D eigenvalue weighted by atomic mass is 9.84. The Bertz CT molecular complexity index is 382. The molecule has 1 aliphatic rings. The van der Waals surface area contributed by atoms with E-state index in [2.05, 4.69) is 15.9 Å². The summed E-state index contributed by atoms with van der Waals surface area (Å²) < 4.78 is 9.98. The Balaban J connectivity index is 3.16. The maximum absolute atomic E-state index is 12.2. The Morgan fingerprint density at radius 3 is 2.11 bits per heavy atom. The fourth-order valence-corrected chi connectivity index (χ4v) is 3.00. The van der Waals surface area contributed by atoms with Gasteiger partial charge in [0.15, 0.2) is 5.41 Å². The van der Waals surface area contributed by atoms with E-state index < -0.39 is 23.0 Å². The van der Waals surface area contributed by atoms with Gasteiger partial charge in [-0.2, -0.15) is 0 Å². The number of aliphatic hydroxyl groups is 1. The molecule has 0 spiro atoms. The van der Waals surface area contributed by atoms with Crippen LogP contribution in [0.1, 0.15) is 33.6 Å². The van der Waals surface area contributed by atoms with Crippen LogP contribution in [-0.2, 0) is 19.1 Å². The topological polar surface area (TPSA) is 72.8 Å². The number of rotatable bonds is 4. The summed E-state index contributed by atoms with van der Waals surface area (Å²) in [6, 6.07) is 0. The van der Waals surface area contributed by atoms with Gasteiger partial charge in [-0.1, -0.05) is 15.9 Å². The molecule has 0 aromatic rings. The van der Waals surface area contributed by atoms with Gasteiger partial charge in [-0.05, 0) is 37.8 Å². The predicted molar refractivity (Wildman–Crippen MR) is 72.6 cm³/mol. The Kier molecular flexibility index (Phi) is 5.15. The summed E-state index contributed by atoms with van der Waals surface area (Å²) >= 11 is 3.15. The van der Waals surface area contributed by atoms with Crippen molar-refractivity contribution in [2.24, 2.45) is 5.41 Å². The van der Waals surface area contributed by atoms with Crippen molar-refractivity contribution in [3.8, 4) is 0 Å². The van der Waals surface area contributed by atoms with Gasteiger partial charge in [0.2, 0.25) is 0 Å². The largest absolute Gasteiger partial charge is 0.465 e. The quantitative estimate of drug-likeness (QED) is 0.628. The summed E-state index contributed by atoms with van der Waals surface area (Å²) in [5.41, 5.74) is -2.10. The summed E-state index contributed by atoms with van der Waals surface area (Å²) in [6.45, 7) is 5.27. The van der Waals surface area contributed by atoms with Gasteiger partial charge in [0.1, 0.15) is 0 Å². The minimum absolute atomic E-state index is 0.0326. The van der Waals surface area contributed by atoms with Crippen molar-refractivity contribution in [3.05, 3.63) is 10.6 Å². The van der Waals surface area contributed by atoms with Crippen molar-refractivity contribution in [1.29, 1.82) is 0 Å². The van der Waals surface area contributed by atoms with Crippen LogP contribution in [0.5, 0.6) is 0 Å². The highest BCUT2D eigenvalue weighted by atomic mass is 79.9. The summed E-state index contributed by atoms with van der Waals surface area (Å²) in [6.07, 6.45) is 0.0675. The first-order valence-electron chi connectivity index (χ1n) is 6.20. The van der Waals surface area contributed by atoms with Gasteiger partial charge in [-0.3, -0.25) is 9.59 Å². The van der Waals surface area contributed by atoms with Gasteiger partial charge in [0.05, 0.1) is 18.8 Å². The zero-order valence-corrected chi connectivity index (χ0v) is 12.9. The van der Waals surface area contributed by atoms with Gasteiger partial charge < -0.3 is 14.6 Å². The van der Waals surface area contributed by atoms with Crippen molar-refractivity contribution < 1.29 is 24.2 Å². The van der Waals surface area contributed by atoms with Gasteiger partial charge in [0.25, 0.3) is 0 Å². The highest BCUT2D eigenvalue weighted by Gasteiger charge is 2.59. The third-order valence-electron chi connectivity index (χ3n) is 3.29. The van der Waals surface area contributed by atoms with Crippen molar-refractivity contribution in [3.63, 3.8) is 0 Å². The van der Waals surface area contributed by atoms with E-state index in [4.69, 9.17) is 9.47 Å². The molecular weight excluding hydrogens is 316 g/mol. The number of carbonyl (C=O) groups is 2. The number of carbonyl (C=O) groups excluding carboxylic acids is 2. The molecule has 0 aromatic carbocycles. The molecular formula is C13H19BrO5. The van der Waals surface area contributed by atoms with Crippen molar-refractivity contribution in [2.45, 2.75) is 39.2 Å². The first-order valence-corrected chi connectivity index (χ1v) is 7.12. The Hall–Kier alpha value is -0.880. The zero-order chi connectivity index (χ0) is 14.7. The molecule has 0 bridgehead atoms. The van der Waals surface area contributed by atoms with Crippen LogP contribution in [0.3, 0.4) is 0 Å². The number of hydrogen-bond donors (Lipinski definition) is 1. The second-order valence-electron chi connectivity index (χ2n) is 4.78. The van der Waals surface area contributed by atoms with Crippen molar-refractivity contribution in [2.75, 3.05) is 13.2 Å². The molecule has 6 heteroatoms. The zero-order valence-electron chi connectivity index (χ0n) is 11.4. The van der Waals surface area contributed by atoms with E-state index in [-0.39, 0.29) is 26.1 Å². The van der Waals surface area contributed by atoms with Crippen LogP contribution in [0, 0.1) is 5.41 Å². The minimum Gasteiger partial charge on any atom is -0.465 e. The molecule has 19 heavy (non-hydrogen) atoms. The van der Waals surface area contributed by atoms with Gasteiger partial charge >= 0.3 is 11.9 Å². The van der Waals surface area contributed by atoms with Gasteiger partial charge in [-0.25, -0.2) is 0 Å². The third-order valence-corrected chi connectivity index (χ3v) is 3.85. The van der Waals surface area contributed by atoms with Crippen molar-refractivity contribution >= 4 is 27.9 Å². The Morgan fingerprint density at radius 2 is 1.79 bits per heavy atom. The predicted octanol–water partition coefficient (Wildman–Crippen LogP) is 1.92. The lowest BCUT2D eigenvalue weighted by Crippen LogP contribution is -2.41. The van der Waals surface area contributed by atoms with E-state index in [1.54, 1.807) is 25.8 Å². The summed E-state index contributed by atoms with van der Waals surface area (Å²) in [7, 11) is 0. The number of hydrogen-bond acceptors (Lipinski definition) is 5. The minimum atomic E-state index is -1.45. The molecule has 1 saturated carbocycles. The summed E-state index contributed by atoms with van der Waals surface area (Å²) in [5.74, 6) is -1.28. The smallest absolute Gasteiger partial charge is 0.323 e. The number of esters is 2. The summed E-state index contributed by atoms with van der Waals surface area (Å²) in [4.78, 5) is 25.9. The normalized spacial score (nSPS) is 27.3. The van der Waals surface area contributed by atoms with E-state index in [1.165, 1.54) is 0 Å². The first kappa shape index (κ1) is 16.2. The van der Waals surface area contributed by atoms with E-state index in [0.29, 0.717) is 5.57 Å². The van der Waals surface area contributed by atoms with Crippen molar-refractivity contribution in [1.82, 2.24) is 0 Å². The molecule has 1 atom stereocenters. The molecule has 0 heterocycles.